The third-order valence-electron chi connectivity index (χ3n) is 4.78. The predicted octanol–water partition coefficient (Wildman–Crippen LogP) is 1.38. The fourth-order valence-corrected chi connectivity index (χ4v) is 3.26. The zero-order chi connectivity index (χ0) is 17.6. The number of aromatic nitrogens is 4. The van der Waals surface area contributed by atoms with Crippen molar-refractivity contribution in [3.05, 3.63) is 35.9 Å². The van der Waals surface area contributed by atoms with E-state index >= 15 is 0 Å². The van der Waals surface area contributed by atoms with Crippen LogP contribution in [0.3, 0.4) is 0 Å². The number of carbonyl (C=O) groups is 2. The summed E-state index contributed by atoms with van der Waals surface area (Å²) in [6.07, 6.45) is 6.93. The van der Waals surface area contributed by atoms with E-state index in [1.54, 1.807) is 23.4 Å². The highest BCUT2D eigenvalue weighted by Gasteiger charge is 2.54. The van der Waals surface area contributed by atoms with E-state index in [0.717, 1.165) is 18.5 Å². The average Bonchev–Trinajstić information content (AvgIpc) is 3.19. The number of fused-ring (bicyclic) bond motifs is 2. The van der Waals surface area contributed by atoms with E-state index < -0.39 is 0 Å². The van der Waals surface area contributed by atoms with Crippen molar-refractivity contribution in [1.82, 2.24) is 24.6 Å². The minimum absolute atomic E-state index is 0.00879. The van der Waals surface area contributed by atoms with Crippen molar-refractivity contribution in [2.45, 2.75) is 38.1 Å². The molecule has 0 unspecified atom stereocenters. The van der Waals surface area contributed by atoms with Crippen molar-refractivity contribution in [3.63, 3.8) is 0 Å². The summed E-state index contributed by atoms with van der Waals surface area (Å²) in [5, 5.41) is 7.27. The molecule has 8 heteroatoms. The van der Waals surface area contributed by atoms with Gasteiger partial charge in [-0.05, 0) is 32.8 Å². The van der Waals surface area contributed by atoms with Crippen molar-refractivity contribution in [2.24, 2.45) is 0 Å². The zero-order valence-electron chi connectivity index (χ0n) is 14.3. The molecule has 2 aromatic heterocycles. The molecule has 0 bridgehead atoms. The van der Waals surface area contributed by atoms with Gasteiger partial charge < -0.3 is 4.90 Å². The van der Waals surface area contributed by atoms with Gasteiger partial charge in [-0.1, -0.05) is 0 Å². The number of amides is 2. The Hall–Kier alpha value is -2.77. The van der Waals surface area contributed by atoms with Crippen molar-refractivity contribution < 1.29 is 9.59 Å². The fourth-order valence-electron chi connectivity index (χ4n) is 3.26. The first-order valence-electron chi connectivity index (χ1n) is 8.44. The molecule has 1 saturated carbocycles. The highest BCUT2D eigenvalue weighted by molar-refractivity contribution is 6.00. The van der Waals surface area contributed by atoms with Crippen LogP contribution in [0.1, 0.15) is 48.8 Å². The molecule has 2 aromatic rings. The van der Waals surface area contributed by atoms with Gasteiger partial charge in [0.25, 0.3) is 5.91 Å². The summed E-state index contributed by atoms with van der Waals surface area (Å²) in [5.41, 5.74) is 1.45. The van der Waals surface area contributed by atoms with Crippen molar-refractivity contribution in [1.29, 1.82) is 0 Å². The minimum atomic E-state index is -0.296. The molecule has 25 heavy (non-hydrogen) atoms. The maximum atomic E-state index is 12.8. The van der Waals surface area contributed by atoms with Gasteiger partial charge in [-0.15, -0.1) is 0 Å². The number of anilines is 1. The molecular weight excluding hydrogens is 320 g/mol. The second-order valence-electron chi connectivity index (χ2n) is 7.03. The molecule has 1 fully saturated rings. The number of rotatable bonds is 4. The average molecular weight is 340 g/mol. The highest BCUT2D eigenvalue weighted by Crippen LogP contribution is 2.51. The van der Waals surface area contributed by atoms with Gasteiger partial charge in [0.2, 0.25) is 11.9 Å². The van der Waals surface area contributed by atoms with E-state index in [4.69, 9.17) is 0 Å². The lowest BCUT2D eigenvalue weighted by Crippen LogP contribution is -2.46. The highest BCUT2D eigenvalue weighted by atomic mass is 16.2. The molecule has 0 atom stereocenters. The first-order valence-corrected chi connectivity index (χ1v) is 8.44. The largest absolute Gasteiger partial charge is 0.328 e. The zero-order valence-corrected chi connectivity index (χ0v) is 14.3. The lowest BCUT2D eigenvalue weighted by Gasteiger charge is -2.31. The number of hydrogen-bond acceptors (Lipinski definition) is 5. The van der Waals surface area contributed by atoms with E-state index in [1.807, 2.05) is 24.7 Å². The van der Waals surface area contributed by atoms with Crippen LogP contribution in [0, 0.1) is 0 Å². The van der Waals surface area contributed by atoms with E-state index in [-0.39, 0.29) is 35.8 Å². The summed E-state index contributed by atoms with van der Waals surface area (Å²) < 4.78 is 1.84. The van der Waals surface area contributed by atoms with Crippen LogP contribution in [0.4, 0.5) is 5.95 Å². The third-order valence-corrected chi connectivity index (χ3v) is 4.78. The number of nitrogens with zero attached hydrogens (tertiary/aromatic N) is 5. The van der Waals surface area contributed by atoms with Crippen molar-refractivity contribution >= 4 is 17.8 Å². The predicted molar refractivity (Wildman–Crippen MR) is 90.1 cm³/mol. The van der Waals surface area contributed by atoms with Crippen LogP contribution in [-0.2, 0) is 10.2 Å². The smallest absolute Gasteiger partial charge is 0.257 e. The van der Waals surface area contributed by atoms with Crippen LogP contribution in [0.5, 0.6) is 0 Å². The van der Waals surface area contributed by atoms with E-state index in [2.05, 4.69) is 20.4 Å². The number of hydrogen-bond donors (Lipinski definition) is 1. The fraction of sp³-hybridized carbons (Fsp3) is 0.471. The molecule has 1 aliphatic heterocycles. The molecular formula is C17H20N6O2. The second-order valence-corrected chi connectivity index (χ2v) is 7.03. The molecule has 130 valence electrons. The van der Waals surface area contributed by atoms with Gasteiger partial charge in [-0.3, -0.25) is 19.6 Å². The molecule has 0 radical (unpaired) electrons. The monoisotopic (exact) mass is 340 g/mol. The van der Waals surface area contributed by atoms with E-state index in [9.17, 15) is 9.59 Å². The number of carbonyl (C=O) groups excluding carboxylic acids is 2. The molecule has 1 aliphatic carbocycles. The standard InChI is InChI=1S/C17H20N6O2/c1-11(2)23-8-12-14(21-23)17(4-5-17)10-22(15(12)25)9-13(24)20-16-18-6-3-7-19-16/h3,6-8,11H,4-5,9-10H2,1-2H3,(H,18,19,20,24). The molecule has 0 saturated heterocycles. The van der Waals surface area contributed by atoms with Gasteiger partial charge in [0.05, 0.1) is 11.3 Å². The lowest BCUT2D eigenvalue weighted by molar-refractivity contribution is -0.117. The normalized spacial score (nSPS) is 17.7. The Kier molecular flexibility index (Phi) is 3.55. The molecule has 1 N–H and O–H groups in total. The third kappa shape index (κ3) is 2.77. The molecule has 4 rings (SSSR count). The van der Waals surface area contributed by atoms with Gasteiger partial charge in [-0.2, -0.15) is 5.10 Å². The molecule has 8 nitrogen and oxygen atoms in total. The first-order chi connectivity index (χ1) is 12.0. The molecule has 2 aliphatic rings. The van der Waals surface area contributed by atoms with E-state index in [0.29, 0.717) is 12.1 Å². The molecule has 0 aromatic carbocycles. The Morgan fingerprint density at radius 1 is 1.32 bits per heavy atom. The topological polar surface area (TPSA) is 93.0 Å². The van der Waals surface area contributed by atoms with Crippen molar-refractivity contribution in [2.75, 3.05) is 18.4 Å². The maximum absolute atomic E-state index is 12.8. The molecule has 1 spiro atoms. The Morgan fingerprint density at radius 3 is 2.68 bits per heavy atom. The minimum Gasteiger partial charge on any atom is -0.328 e. The van der Waals surface area contributed by atoms with Gasteiger partial charge in [0.1, 0.15) is 6.54 Å². The van der Waals surface area contributed by atoms with E-state index in [1.165, 1.54) is 0 Å². The summed E-state index contributed by atoms with van der Waals surface area (Å²) in [6, 6.07) is 1.87. The number of nitrogens with one attached hydrogen (secondary N) is 1. The van der Waals surface area contributed by atoms with Crippen molar-refractivity contribution in [3.8, 4) is 0 Å². The summed E-state index contributed by atoms with van der Waals surface area (Å²) >= 11 is 0. The van der Waals surface area contributed by atoms with Crippen LogP contribution in [-0.4, -0.2) is 49.6 Å². The van der Waals surface area contributed by atoms with Crippen LogP contribution in [0.15, 0.2) is 24.7 Å². The Morgan fingerprint density at radius 2 is 2.04 bits per heavy atom. The van der Waals surface area contributed by atoms with Gasteiger partial charge in [0, 0.05) is 36.6 Å². The molecule has 3 heterocycles. The van der Waals surface area contributed by atoms with Gasteiger partial charge in [0.15, 0.2) is 0 Å². The Balaban J connectivity index is 1.54. The van der Waals surface area contributed by atoms with Gasteiger partial charge >= 0.3 is 0 Å². The summed E-state index contributed by atoms with van der Waals surface area (Å²) in [5.74, 6) is -0.190. The van der Waals surface area contributed by atoms with Crippen LogP contribution in [0.2, 0.25) is 0 Å². The van der Waals surface area contributed by atoms with Crippen LogP contribution >= 0.6 is 0 Å². The first kappa shape index (κ1) is 15.7. The SMILES string of the molecule is CC(C)n1cc2c(n1)C1(CC1)CN(CC(=O)Nc1ncccn1)C2=O. The quantitative estimate of drug-likeness (QED) is 0.907. The van der Waals surface area contributed by atoms with Crippen LogP contribution < -0.4 is 5.32 Å². The Bertz CT molecular complexity index is 825. The summed E-state index contributed by atoms with van der Waals surface area (Å²) in [7, 11) is 0. The van der Waals surface area contributed by atoms with Gasteiger partial charge in [-0.25, -0.2) is 9.97 Å². The summed E-state index contributed by atoms with van der Waals surface area (Å²) in [4.78, 5) is 34.6. The second kappa shape index (κ2) is 5.65. The molecule has 2 amide bonds. The maximum Gasteiger partial charge on any atom is 0.257 e. The summed E-state index contributed by atoms with van der Waals surface area (Å²) in [6.45, 7) is 4.60. The van der Waals surface area contributed by atoms with Crippen LogP contribution in [0.25, 0.3) is 0 Å². The Labute approximate surface area is 145 Å². The lowest BCUT2D eigenvalue weighted by atomic mass is 9.93.